The molecule has 0 bridgehead atoms. The molecule has 0 amide bonds. The Bertz CT molecular complexity index is 1660. The summed E-state index contributed by atoms with van der Waals surface area (Å²) in [5.41, 5.74) is 0.371. The van der Waals surface area contributed by atoms with Crippen molar-refractivity contribution in [1.82, 2.24) is 14.8 Å². The van der Waals surface area contributed by atoms with Gasteiger partial charge in [-0.05, 0) is 42.8 Å². The second-order valence-electron chi connectivity index (χ2n) is 11.0. The third-order valence-electron chi connectivity index (χ3n) is 8.10. The number of aliphatic hydroxyl groups is 1. The summed E-state index contributed by atoms with van der Waals surface area (Å²) in [6.07, 6.45) is -3.79. The number of quaternary nitrogens is 1. The van der Waals surface area contributed by atoms with Gasteiger partial charge in [0.15, 0.2) is 0 Å². The van der Waals surface area contributed by atoms with E-state index in [9.17, 15) is 33.1 Å². The van der Waals surface area contributed by atoms with Gasteiger partial charge in [-0.15, -0.1) is 5.10 Å². The Labute approximate surface area is 239 Å². The molecular weight excluding hydrogens is 553 g/mol. The highest BCUT2D eigenvalue weighted by Crippen LogP contribution is 2.44. The molecule has 3 heterocycles. The number of piperidine rings is 1. The van der Waals surface area contributed by atoms with Gasteiger partial charge < -0.3 is 14.3 Å². The molecule has 0 unspecified atom stereocenters. The summed E-state index contributed by atoms with van der Waals surface area (Å²) in [7, 11) is 3.23. The lowest BCUT2D eigenvalue weighted by atomic mass is 9.89. The molecule has 5 rings (SSSR count). The number of allylic oxidation sites excluding steroid dienone is 1. The zero-order valence-corrected chi connectivity index (χ0v) is 23.3. The number of rotatable bonds is 5. The summed E-state index contributed by atoms with van der Waals surface area (Å²) in [5, 5.41) is 26.3. The number of halogens is 3. The fraction of sp³-hybridized carbons (Fsp3) is 0.379. The molecule has 2 aromatic carbocycles. The van der Waals surface area contributed by atoms with Crippen LogP contribution in [-0.2, 0) is 22.3 Å². The zero-order valence-electron chi connectivity index (χ0n) is 23.3. The Morgan fingerprint density at radius 3 is 2.60 bits per heavy atom. The number of esters is 1. The molecule has 0 aliphatic carbocycles. The van der Waals surface area contributed by atoms with Gasteiger partial charge in [-0.1, -0.05) is 12.1 Å². The number of nitriles is 1. The van der Waals surface area contributed by atoms with Crippen molar-refractivity contribution in [2.45, 2.75) is 44.6 Å². The normalized spacial score (nSPS) is 22.5. The fourth-order valence-corrected chi connectivity index (χ4v) is 5.90. The molecule has 2 aliphatic heterocycles. The number of ether oxygens (including phenoxy) is 1. The highest BCUT2D eigenvalue weighted by molar-refractivity contribution is 5.93. The molecule has 10 nitrogen and oxygen atoms in total. The van der Waals surface area contributed by atoms with E-state index in [0.717, 1.165) is 12.1 Å². The average Bonchev–Trinajstić information content (AvgIpc) is 3.34. The van der Waals surface area contributed by atoms with Gasteiger partial charge in [-0.3, -0.25) is 4.90 Å². The number of benzene rings is 2. The van der Waals surface area contributed by atoms with E-state index in [2.05, 4.69) is 16.3 Å². The predicted octanol–water partition coefficient (Wildman–Crippen LogP) is 3.75. The van der Waals surface area contributed by atoms with Crippen LogP contribution in [0, 0.1) is 11.3 Å². The summed E-state index contributed by atoms with van der Waals surface area (Å²) in [4.78, 5) is 28.0. The SMILES string of the molecule is COC(=O)C1=C(C)N(c2cccc(C(F)(F)F)c2)c2n[nH]c(=O)n2[C@@H]1c1ccc(C#N)cc1C[N+]1(C)CCC(O)CC1. The molecule has 2 N–H and O–H groups in total. The second kappa shape index (κ2) is 10.8. The van der Waals surface area contributed by atoms with E-state index in [-0.39, 0.29) is 29.0 Å². The molecule has 2 aliphatic rings. The van der Waals surface area contributed by atoms with Gasteiger partial charge in [-0.25, -0.2) is 19.3 Å². The van der Waals surface area contributed by atoms with Crippen molar-refractivity contribution in [2.75, 3.05) is 32.1 Å². The van der Waals surface area contributed by atoms with Crippen molar-refractivity contribution in [3.63, 3.8) is 0 Å². The van der Waals surface area contributed by atoms with Gasteiger partial charge in [-0.2, -0.15) is 18.4 Å². The Morgan fingerprint density at radius 2 is 1.95 bits per heavy atom. The lowest BCUT2D eigenvalue weighted by Crippen LogP contribution is -2.50. The molecule has 3 aromatic rings. The first-order valence-electron chi connectivity index (χ1n) is 13.3. The van der Waals surface area contributed by atoms with E-state index in [4.69, 9.17) is 4.74 Å². The van der Waals surface area contributed by atoms with Crippen LogP contribution in [0.4, 0.5) is 24.8 Å². The zero-order chi connectivity index (χ0) is 30.4. The summed E-state index contributed by atoms with van der Waals surface area (Å²) in [6, 6.07) is 10.6. The van der Waals surface area contributed by atoms with Crippen LogP contribution in [0.5, 0.6) is 0 Å². The van der Waals surface area contributed by atoms with Gasteiger partial charge >= 0.3 is 17.8 Å². The fourth-order valence-electron chi connectivity index (χ4n) is 5.90. The summed E-state index contributed by atoms with van der Waals surface area (Å²) in [6.45, 7) is 3.37. The predicted molar refractivity (Wildman–Crippen MR) is 145 cm³/mol. The Balaban J connectivity index is 1.73. The first-order chi connectivity index (χ1) is 19.9. The van der Waals surface area contributed by atoms with Crippen LogP contribution >= 0.6 is 0 Å². The highest BCUT2D eigenvalue weighted by atomic mass is 19.4. The molecule has 0 spiro atoms. The van der Waals surface area contributed by atoms with Crippen LogP contribution in [-0.4, -0.2) is 63.7 Å². The Kier molecular flexibility index (Phi) is 7.46. The third-order valence-corrected chi connectivity index (χ3v) is 8.10. The van der Waals surface area contributed by atoms with Crippen molar-refractivity contribution in [3.05, 3.63) is 86.5 Å². The standard InChI is InChI=1S/C29H29F3N6O4/c1-17-24(26(40)42-3)25(23-8-7-18(15-33)13-19(23)16-38(2)11-9-22(39)10-12-38)37-27(34-35-28(37)41)36(17)21-6-4-5-20(14-21)29(30,31)32/h4-8,13-14,22,25,39H,9-12,16H2,1-3H3/p+1/t22?,25-,38?/m1/s1. The number of hydrogen-bond donors (Lipinski definition) is 2. The van der Waals surface area contributed by atoms with Gasteiger partial charge in [0.05, 0.1) is 56.1 Å². The lowest BCUT2D eigenvalue weighted by molar-refractivity contribution is -0.928. The maximum atomic E-state index is 13.6. The largest absolute Gasteiger partial charge is 0.466 e. The number of carbonyl (C=O) groups excluding carboxylic acids is 1. The van der Waals surface area contributed by atoms with E-state index < -0.39 is 29.4 Å². The van der Waals surface area contributed by atoms with E-state index in [1.54, 1.807) is 25.1 Å². The van der Waals surface area contributed by atoms with Gasteiger partial charge in [0.2, 0.25) is 5.95 Å². The first-order valence-corrected chi connectivity index (χ1v) is 13.3. The van der Waals surface area contributed by atoms with Crippen molar-refractivity contribution >= 4 is 17.6 Å². The van der Waals surface area contributed by atoms with E-state index in [0.29, 0.717) is 53.6 Å². The number of anilines is 2. The number of alkyl halides is 3. The van der Waals surface area contributed by atoms with Crippen LogP contribution in [0.25, 0.3) is 0 Å². The number of methoxy groups -OCH3 is 1. The van der Waals surface area contributed by atoms with Crippen LogP contribution < -0.4 is 10.6 Å². The molecular formula is C29H30F3N6O4+. The summed E-state index contributed by atoms with van der Waals surface area (Å²) >= 11 is 0. The third kappa shape index (κ3) is 5.19. The highest BCUT2D eigenvalue weighted by Gasteiger charge is 2.42. The maximum Gasteiger partial charge on any atom is 0.416 e. The number of hydrogen-bond acceptors (Lipinski definition) is 7. The van der Waals surface area contributed by atoms with E-state index >= 15 is 0 Å². The molecule has 220 valence electrons. The van der Waals surface area contributed by atoms with Crippen molar-refractivity contribution < 1.29 is 32.3 Å². The molecule has 13 heteroatoms. The second-order valence-corrected chi connectivity index (χ2v) is 11.0. The minimum Gasteiger partial charge on any atom is -0.466 e. The maximum absolute atomic E-state index is 13.6. The number of aliphatic hydroxyl groups excluding tert-OH is 1. The van der Waals surface area contributed by atoms with Gasteiger partial charge in [0, 0.05) is 29.8 Å². The van der Waals surface area contributed by atoms with Crippen molar-refractivity contribution in [2.24, 2.45) is 0 Å². The number of aromatic amines is 1. The number of fused-ring (bicyclic) bond motifs is 1. The number of nitrogens with one attached hydrogen (secondary N) is 1. The molecule has 1 saturated heterocycles. The number of likely N-dealkylation sites (tertiary alicyclic amines) is 1. The summed E-state index contributed by atoms with van der Waals surface area (Å²) in [5.74, 6) is -0.781. The topological polar surface area (TPSA) is 124 Å². The average molecular weight is 584 g/mol. The molecule has 1 atom stereocenters. The first kappa shape index (κ1) is 29.1. The van der Waals surface area contributed by atoms with Crippen molar-refractivity contribution in [3.8, 4) is 6.07 Å². The van der Waals surface area contributed by atoms with Crippen molar-refractivity contribution in [1.29, 1.82) is 5.26 Å². The van der Waals surface area contributed by atoms with Crippen LogP contribution in [0.1, 0.15) is 48.1 Å². The van der Waals surface area contributed by atoms with Crippen LogP contribution in [0.2, 0.25) is 0 Å². The molecule has 1 aromatic heterocycles. The van der Waals surface area contributed by atoms with Crippen LogP contribution in [0.15, 0.2) is 58.5 Å². The molecule has 1 fully saturated rings. The summed E-state index contributed by atoms with van der Waals surface area (Å²) < 4.78 is 47.7. The van der Waals surface area contributed by atoms with E-state index in [1.165, 1.54) is 28.7 Å². The Morgan fingerprint density at radius 1 is 1.24 bits per heavy atom. The number of carbonyl (C=O) groups is 1. The molecule has 0 saturated carbocycles. The lowest BCUT2D eigenvalue weighted by Gasteiger charge is -2.41. The Hall–Kier alpha value is -4.41. The smallest absolute Gasteiger partial charge is 0.416 e. The number of aromatic nitrogens is 3. The minimum absolute atomic E-state index is 0.00808. The molecule has 0 radical (unpaired) electrons. The van der Waals surface area contributed by atoms with Gasteiger partial charge in [0.1, 0.15) is 12.6 Å². The van der Waals surface area contributed by atoms with E-state index in [1.807, 2.05) is 7.05 Å². The number of nitrogens with zero attached hydrogens (tertiary/aromatic N) is 5. The minimum atomic E-state index is -4.62. The quantitative estimate of drug-likeness (QED) is 0.346. The number of H-pyrrole nitrogens is 1. The monoisotopic (exact) mass is 583 g/mol. The van der Waals surface area contributed by atoms with Crippen LogP contribution in [0.3, 0.4) is 0 Å². The van der Waals surface area contributed by atoms with Gasteiger partial charge in [0.25, 0.3) is 0 Å². The molecule has 42 heavy (non-hydrogen) atoms.